The Morgan fingerprint density at radius 2 is 2.00 bits per heavy atom. The molecule has 1 heteroatoms. The van der Waals surface area contributed by atoms with E-state index < -0.39 is 0 Å². The topological polar surface area (TPSA) is 20.2 Å². The molecule has 0 aromatic rings. The molecule has 10 heavy (non-hydrogen) atoms. The Morgan fingerprint density at radius 3 is 2.30 bits per heavy atom. The van der Waals surface area contributed by atoms with Crippen LogP contribution in [0.4, 0.5) is 0 Å². The van der Waals surface area contributed by atoms with Crippen molar-refractivity contribution in [1.29, 1.82) is 0 Å². The smallest absolute Gasteiger partial charge is 0.0650 e. The van der Waals surface area contributed by atoms with E-state index in [2.05, 4.69) is 13.8 Å². The summed E-state index contributed by atoms with van der Waals surface area (Å²) in [7, 11) is 0. The van der Waals surface area contributed by atoms with Gasteiger partial charge in [-0.05, 0) is 38.0 Å². The van der Waals surface area contributed by atoms with Gasteiger partial charge in [0.15, 0.2) is 0 Å². The summed E-state index contributed by atoms with van der Waals surface area (Å²) in [5, 5.41) is 9.82. The first-order valence-corrected chi connectivity index (χ1v) is 4.25. The van der Waals surface area contributed by atoms with E-state index in [1.165, 1.54) is 12.8 Å². The van der Waals surface area contributed by atoms with E-state index in [4.69, 9.17) is 0 Å². The van der Waals surface area contributed by atoms with Gasteiger partial charge in [-0.3, -0.25) is 0 Å². The van der Waals surface area contributed by atoms with Crippen LogP contribution in [0, 0.1) is 11.8 Å². The highest BCUT2D eigenvalue weighted by molar-refractivity contribution is 4.91. The fourth-order valence-electron chi connectivity index (χ4n) is 1.70. The summed E-state index contributed by atoms with van der Waals surface area (Å²) in [6.45, 7) is 6.30. The molecule has 60 valence electrons. The number of rotatable bonds is 3. The maximum Gasteiger partial charge on any atom is 0.0650 e. The van der Waals surface area contributed by atoms with Crippen LogP contribution in [0.2, 0.25) is 0 Å². The monoisotopic (exact) mass is 142 g/mol. The molecule has 0 aromatic carbocycles. The molecular formula is C9H18O. The van der Waals surface area contributed by atoms with Crippen molar-refractivity contribution in [3.8, 4) is 0 Å². The van der Waals surface area contributed by atoms with Gasteiger partial charge in [-0.25, -0.2) is 0 Å². The van der Waals surface area contributed by atoms with Gasteiger partial charge < -0.3 is 5.11 Å². The second-order valence-corrected chi connectivity index (χ2v) is 4.23. The highest BCUT2D eigenvalue weighted by Crippen LogP contribution is 2.42. The zero-order valence-electron chi connectivity index (χ0n) is 7.22. The van der Waals surface area contributed by atoms with Crippen molar-refractivity contribution in [3.05, 3.63) is 0 Å². The Bertz CT molecular complexity index is 112. The Labute approximate surface area is 63.4 Å². The first-order chi connectivity index (χ1) is 4.52. The molecule has 1 saturated carbocycles. The van der Waals surface area contributed by atoms with E-state index in [0.29, 0.717) is 11.8 Å². The molecule has 0 saturated heterocycles. The first kappa shape index (κ1) is 8.06. The largest absolute Gasteiger partial charge is 0.390 e. The summed E-state index contributed by atoms with van der Waals surface area (Å²) in [5.74, 6) is 1.23. The van der Waals surface area contributed by atoms with E-state index in [-0.39, 0.29) is 5.60 Å². The van der Waals surface area contributed by atoms with Gasteiger partial charge in [0.25, 0.3) is 0 Å². The van der Waals surface area contributed by atoms with Crippen LogP contribution in [-0.4, -0.2) is 10.7 Å². The summed E-state index contributed by atoms with van der Waals surface area (Å²) >= 11 is 0. The first-order valence-electron chi connectivity index (χ1n) is 4.25. The summed E-state index contributed by atoms with van der Waals surface area (Å²) in [4.78, 5) is 0. The van der Waals surface area contributed by atoms with E-state index >= 15 is 0 Å². The molecule has 1 nitrogen and oxygen atoms in total. The molecule has 0 amide bonds. The van der Waals surface area contributed by atoms with E-state index in [9.17, 15) is 5.11 Å². The van der Waals surface area contributed by atoms with Crippen LogP contribution < -0.4 is 0 Å². The molecule has 0 radical (unpaired) electrons. The molecule has 1 N–H and O–H groups in total. The van der Waals surface area contributed by atoms with Crippen molar-refractivity contribution in [3.63, 3.8) is 0 Å². The van der Waals surface area contributed by atoms with Crippen molar-refractivity contribution in [1.82, 2.24) is 0 Å². The van der Waals surface area contributed by atoms with E-state index in [1.807, 2.05) is 6.92 Å². The molecular weight excluding hydrogens is 124 g/mol. The normalized spacial score (nSPS) is 24.9. The molecule has 1 aliphatic rings. The third-order valence-corrected chi connectivity index (χ3v) is 2.28. The summed E-state index contributed by atoms with van der Waals surface area (Å²) in [5.41, 5.74) is -0.367. The SMILES string of the molecule is CC(C)CC(C)(O)C1CC1. The summed E-state index contributed by atoms with van der Waals surface area (Å²) in [6, 6.07) is 0. The van der Waals surface area contributed by atoms with Gasteiger partial charge in [0.05, 0.1) is 5.60 Å². The standard InChI is InChI=1S/C9H18O/c1-7(2)6-9(3,10)8-4-5-8/h7-8,10H,4-6H2,1-3H3. The predicted molar refractivity (Wildman–Crippen MR) is 42.8 cm³/mol. The van der Waals surface area contributed by atoms with Crippen LogP contribution in [0.5, 0.6) is 0 Å². The average Bonchev–Trinajstić information content (AvgIpc) is 2.35. The second-order valence-electron chi connectivity index (χ2n) is 4.23. The number of aliphatic hydroxyl groups is 1. The Morgan fingerprint density at radius 1 is 1.50 bits per heavy atom. The van der Waals surface area contributed by atoms with E-state index in [1.54, 1.807) is 0 Å². The van der Waals surface area contributed by atoms with Gasteiger partial charge in [-0.2, -0.15) is 0 Å². The Hall–Kier alpha value is -0.0400. The molecule has 0 spiro atoms. The fraction of sp³-hybridized carbons (Fsp3) is 1.00. The zero-order chi connectivity index (χ0) is 7.78. The van der Waals surface area contributed by atoms with Gasteiger partial charge in [-0.15, -0.1) is 0 Å². The number of hydrogen-bond donors (Lipinski definition) is 1. The van der Waals surface area contributed by atoms with Crippen molar-refractivity contribution in [2.45, 2.75) is 45.6 Å². The molecule has 1 aliphatic carbocycles. The van der Waals surface area contributed by atoms with E-state index in [0.717, 1.165) is 6.42 Å². The lowest BCUT2D eigenvalue weighted by Crippen LogP contribution is -2.28. The minimum absolute atomic E-state index is 0.367. The van der Waals surface area contributed by atoms with Crippen molar-refractivity contribution in [2.24, 2.45) is 11.8 Å². The Balaban J connectivity index is 2.34. The number of hydrogen-bond acceptors (Lipinski definition) is 1. The molecule has 1 atom stereocenters. The molecule has 0 aliphatic heterocycles. The third kappa shape index (κ3) is 1.98. The quantitative estimate of drug-likeness (QED) is 0.640. The lowest BCUT2D eigenvalue weighted by atomic mass is 9.90. The molecule has 0 aromatic heterocycles. The molecule has 1 fully saturated rings. The summed E-state index contributed by atoms with van der Waals surface area (Å²) in [6.07, 6.45) is 3.43. The molecule has 1 rings (SSSR count). The molecule has 1 unspecified atom stereocenters. The van der Waals surface area contributed by atoms with Crippen LogP contribution in [0.3, 0.4) is 0 Å². The fourth-order valence-corrected chi connectivity index (χ4v) is 1.70. The molecule has 0 bridgehead atoms. The van der Waals surface area contributed by atoms with Crippen molar-refractivity contribution < 1.29 is 5.11 Å². The second kappa shape index (κ2) is 2.54. The van der Waals surface area contributed by atoms with Crippen molar-refractivity contribution >= 4 is 0 Å². The van der Waals surface area contributed by atoms with Gasteiger partial charge >= 0.3 is 0 Å². The summed E-state index contributed by atoms with van der Waals surface area (Å²) < 4.78 is 0. The third-order valence-electron chi connectivity index (χ3n) is 2.28. The minimum Gasteiger partial charge on any atom is -0.390 e. The lowest BCUT2D eigenvalue weighted by Gasteiger charge is -2.24. The maximum atomic E-state index is 9.82. The van der Waals surface area contributed by atoms with Gasteiger partial charge in [0.2, 0.25) is 0 Å². The lowest BCUT2D eigenvalue weighted by molar-refractivity contribution is 0.0164. The average molecular weight is 142 g/mol. The van der Waals surface area contributed by atoms with Crippen molar-refractivity contribution in [2.75, 3.05) is 0 Å². The van der Waals surface area contributed by atoms with Gasteiger partial charge in [0, 0.05) is 0 Å². The predicted octanol–water partition coefficient (Wildman–Crippen LogP) is 2.19. The Kier molecular flexibility index (Phi) is 2.04. The van der Waals surface area contributed by atoms with Crippen LogP contribution >= 0.6 is 0 Å². The molecule has 0 heterocycles. The minimum atomic E-state index is -0.367. The zero-order valence-corrected chi connectivity index (χ0v) is 7.22. The van der Waals surface area contributed by atoms with Crippen LogP contribution in [0.15, 0.2) is 0 Å². The van der Waals surface area contributed by atoms with Crippen LogP contribution in [-0.2, 0) is 0 Å². The van der Waals surface area contributed by atoms with Crippen LogP contribution in [0.1, 0.15) is 40.0 Å². The maximum absolute atomic E-state index is 9.82. The van der Waals surface area contributed by atoms with Gasteiger partial charge in [0.1, 0.15) is 0 Å². The highest BCUT2D eigenvalue weighted by Gasteiger charge is 2.39. The van der Waals surface area contributed by atoms with Gasteiger partial charge in [-0.1, -0.05) is 13.8 Å². The highest BCUT2D eigenvalue weighted by atomic mass is 16.3. The van der Waals surface area contributed by atoms with Crippen LogP contribution in [0.25, 0.3) is 0 Å².